The Morgan fingerprint density at radius 2 is 0.264 bits per heavy atom. The number of halogens is 2. The Morgan fingerprint density at radius 1 is 0.139 bits per heavy atom. The summed E-state index contributed by atoms with van der Waals surface area (Å²) in [6.07, 6.45) is 6.81. The van der Waals surface area contributed by atoms with Gasteiger partial charge < -0.3 is 39.9 Å². The van der Waals surface area contributed by atoms with Crippen molar-refractivity contribution in [3.63, 3.8) is 0 Å². The second-order valence-corrected chi connectivity index (χ2v) is 36.0. The van der Waals surface area contributed by atoms with Crippen LogP contribution in [0.25, 0.3) is 227 Å². The number of aromatic amines is 8. The highest BCUT2D eigenvalue weighted by Gasteiger charge is 2.28. The third-order valence-corrected chi connectivity index (χ3v) is 27.1. The summed E-state index contributed by atoms with van der Waals surface area (Å²) in [6.45, 7) is 17.8. The van der Waals surface area contributed by atoms with Gasteiger partial charge in [-0.25, -0.2) is 49.8 Å². The number of rotatable bonds is 29. The first-order valence-electron chi connectivity index (χ1n) is 49.7. The van der Waals surface area contributed by atoms with Gasteiger partial charge in [-0.3, -0.25) is 0 Å². The number of nitrogens with zero attached hydrogens (tertiary/aromatic N) is 10. The normalized spacial score (nSPS) is 11.3. The van der Waals surface area contributed by atoms with Crippen molar-refractivity contribution in [3.05, 3.63) is 396 Å². The van der Waals surface area contributed by atoms with Gasteiger partial charge >= 0.3 is 0 Å². The lowest BCUT2D eigenvalue weighted by molar-refractivity contribution is 1.05. The summed E-state index contributed by atoms with van der Waals surface area (Å²) in [6, 6.07) is 120. The first-order valence-corrected chi connectivity index (χ1v) is 50.8. The van der Waals surface area contributed by atoms with Gasteiger partial charge in [0.05, 0.1) is 205 Å². The van der Waals surface area contributed by atoms with E-state index in [1.807, 2.05) is 121 Å². The third kappa shape index (κ3) is 19.8. The number of aromatic nitrogens is 18. The van der Waals surface area contributed by atoms with Crippen molar-refractivity contribution in [2.45, 2.75) is 107 Å². The zero-order chi connectivity index (χ0) is 98.5. The van der Waals surface area contributed by atoms with Gasteiger partial charge in [-0.05, 0) is 266 Å². The quantitative estimate of drug-likeness (QED) is 0.0206. The lowest BCUT2D eigenvalue weighted by atomic mass is 9.99. The van der Waals surface area contributed by atoms with E-state index in [2.05, 4.69) is 326 Å². The fraction of sp³-hybridized carbons (Fsp3) is 0.145. The first kappa shape index (κ1) is 94.8. The zero-order valence-corrected chi connectivity index (χ0v) is 83.3. The number of nitrogens with one attached hydrogen (secondary N) is 8. The van der Waals surface area contributed by atoms with Gasteiger partial charge in [0.1, 0.15) is 0 Å². The number of pyridine rings is 10. The summed E-state index contributed by atoms with van der Waals surface area (Å²) in [4.78, 5) is 81.5. The Hall–Kier alpha value is -16.8. The van der Waals surface area contributed by atoms with Crippen molar-refractivity contribution in [2.75, 3.05) is 11.8 Å². The number of H-pyrrole nitrogens is 8. The van der Waals surface area contributed by atoms with E-state index < -0.39 is 0 Å². The molecule has 0 fully saturated rings. The van der Waals surface area contributed by atoms with Gasteiger partial charge in [0.15, 0.2) is 0 Å². The molecule has 18 aromatic heterocycles. The molecule has 0 saturated carbocycles. The molecule has 144 heavy (non-hydrogen) atoms. The summed E-state index contributed by atoms with van der Waals surface area (Å²) in [7, 11) is 0. The lowest BCUT2D eigenvalue weighted by Gasteiger charge is -2.08. The topological polar surface area (TPSA) is 255 Å². The molecule has 0 amide bonds. The molecule has 22 rings (SSSR count). The summed E-state index contributed by atoms with van der Waals surface area (Å²) in [5, 5.41) is 0. The SMILES string of the molecule is CCc1c(-c2cccc(-c3ccc(-c4cccc(-c5ccccc5)n4)[nH]3)n2)[nH]c(-c2cccc(-c3[nH]c(-c4cccc(-c5ccc(-c6cccc(-c7ccccc7)n6)[nH]5)n4)c(CC)c3CC)n2)c1CC.CCc1c(-c2cccc(-c3ccc(-c4cccc(-c5ccccc5)n4)[nH]3)n2)[nH]c(-c2cccc(-c3[nH]c(-c4cccc(-c5ccc(-c6cccc(-c7ccccc7)n6)[nH]5)n4)c(CC)c3CC)n2)c1CC.ClCCCl. The number of hydrogen-bond donors (Lipinski definition) is 8. The van der Waals surface area contributed by atoms with E-state index >= 15 is 0 Å². The average molecular weight is 1920 g/mol. The summed E-state index contributed by atoms with van der Waals surface area (Å²) >= 11 is 10.1. The highest BCUT2D eigenvalue weighted by Crippen LogP contribution is 2.43. The Bertz CT molecular complexity index is 7280. The van der Waals surface area contributed by atoms with Crippen LogP contribution in [0, 0.1) is 0 Å². The van der Waals surface area contributed by atoms with Crippen molar-refractivity contribution in [1.29, 1.82) is 0 Å². The van der Waals surface area contributed by atoms with Gasteiger partial charge in [0.25, 0.3) is 0 Å². The largest absolute Gasteiger partial charge is 0.352 e. The molecule has 0 atom stereocenters. The second kappa shape index (κ2) is 43.5. The molecule has 18 heterocycles. The van der Waals surface area contributed by atoms with E-state index in [-0.39, 0.29) is 0 Å². The monoisotopic (exact) mass is 1920 g/mol. The van der Waals surface area contributed by atoms with Crippen LogP contribution in [0.3, 0.4) is 0 Å². The molecule has 0 bridgehead atoms. The minimum absolute atomic E-state index is 0.557. The van der Waals surface area contributed by atoms with Crippen molar-refractivity contribution in [1.82, 2.24) is 89.7 Å². The number of hydrogen-bond acceptors (Lipinski definition) is 10. The van der Waals surface area contributed by atoms with Gasteiger partial charge in [0.2, 0.25) is 0 Å². The predicted molar refractivity (Wildman–Crippen MR) is 591 cm³/mol. The van der Waals surface area contributed by atoms with Crippen LogP contribution in [-0.2, 0) is 51.4 Å². The van der Waals surface area contributed by atoms with Gasteiger partial charge in [-0.2, -0.15) is 0 Å². The molecule has 0 aliphatic rings. The van der Waals surface area contributed by atoms with E-state index in [0.29, 0.717) is 11.8 Å². The molecule has 0 spiro atoms. The highest BCUT2D eigenvalue weighted by atomic mass is 35.5. The molecule has 710 valence electrons. The molecule has 20 heteroatoms. The highest BCUT2D eigenvalue weighted by molar-refractivity contribution is 6.26. The Kier molecular flexibility index (Phi) is 28.6. The van der Waals surface area contributed by atoms with E-state index in [0.717, 1.165) is 279 Å². The number of alkyl halides is 2. The van der Waals surface area contributed by atoms with Gasteiger partial charge in [0, 0.05) is 34.0 Å². The Labute approximate surface area is 849 Å². The minimum Gasteiger partial charge on any atom is -0.352 e. The minimum atomic E-state index is 0.557. The predicted octanol–water partition coefficient (Wildman–Crippen LogP) is 31.3. The van der Waals surface area contributed by atoms with Crippen molar-refractivity contribution < 1.29 is 0 Å². The van der Waals surface area contributed by atoms with E-state index in [4.69, 9.17) is 73.0 Å². The molecule has 22 aromatic rings. The molecule has 8 N–H and O–H groups in total. The molecule has 18 nitrogen and oxygen atoms in total. The van der Waals surface area contributed by atoms with Gasteiger partial charge in [-0.1, -0.05) is 237 Å². The third-order valence-electron chi connectivity index (χ3n) is 26.5. The molecule has 0 saturated heterocycles. The lowest BCUT2D eigenvalue weighted by Crippen LogP contribution is -1.95. The smallest absolute Gasteiger partial charge is 0.0875 e. The van der Waals surface area contributed by atoms with Crippen LogP contribution < -0.4 is 0 Å². The van der Waals surface area contributed by atoms with Crippen LogP contribution in [0.1, 0.15) is 99.9 Å². The van der Waals surface area contributed by atoms with Crippen molar-refractivity contribution >= 4 is 23.2 Å². The van der Waals surface area contributed by atoms with E-state index in [1.54, 1.807) is 0 Å². The fourth-order valence-electron chi connectivity index (χ4n) is 19.7. The summed E-state index contributed by atoms with van der Waals surface area (Å²) in [5.74, 6) is 1.11. The molecular formula is C124H110Cl2N18. The molecule has 0 radical (unpaired) electrons. The maximum Gasteiger partial charge on any atom is 0.0875 e. The maximum atomic E-state index is 5.41. The standard InChI is InChI=1S/2C61H53N9.C2H4Cl2/c2*1-5-40-42(7-3)60(69-58(40)54-30-17-28-48(66-54)52-36-34-50(64-52)46-26-15-24-44(62-46)38-20-11-9-12-21-38)56-32-19-33-57(68-56)61-43(8-4)41(6-2)59(70-61)55-31-18-29-49(67-55)53-37-35-51(65-53)47-27-16-25-45(63-47)39-22-13-10-14-23-39;3-1-2-4/h2*9-37,64-65,69-70H,5-8H2,1-4H3;1-2H2. The maximum absolute atomic E-state index is 5.41. The first-order chi connectivity index (χ1) is 70.9. The molecule has 0 aliphatic heterocycles. The van der Waals surface area contributed by atoms with Crippen LogP contribution in [0.5, 0.6) is 0 Å². The van der Waals surface area contributed by atoms with Crippen molar-refractivity contribution in [2.24, 2.45) is 0 Å². The molecule has 0 aliphatic carbocycles. The average Bonchev–Trinajstić information content (AvgIpc) is 1.61. The van der Waals surface area contributed by atoms with Gasteiger partial charge in [-0.15, -0.1) is 23.2 Å². The van der Waals surface area contributed by atoms with Crippen LogP contribution >= 0.6 is 23.2 Å². The van der Waals surface area contributed by atoms with Crippen LogP contribution in [-0.4, -0.2) is 101 Å². The molecular weight excluding hydrogens is 1810 g/mol. The summed E-state index contributed by atoms with van der Waals surface area (Å²) in [5.41, 5.74) is 47.9. The summed E-state index contributed by atoms with van der Waals surface area (Å²) < 4.78 is 0. The fourth-order valence-corrected chi connectivity index (χ4v) is 19.7. The molecule has 0 unspecified atom stereocenters. The van der Waals surface area contributed by atoms with Crippen LogP contribution in [0.2, 0.25) is 0 Å². The van der Waals surface area contributed by atoms with E-state index in [9.17, 15) is 0 Å². The Morgan fingerprint density at radius 3 is 0.403 bits per heavy atom. The second-order valence-electron chi connectivity index (χ2n) is 35.2. The van der Waals surface area contributed by atoms with Crippen LogP contribution in [0.15, 0.2) is 352 Å². The zero-order valence-electron chi connectivity index (χ0n) is 81.8. The molecule has 4 aromatic carbocycles. The number of benzene rings is 4. The Balaban J connectivity index is 0.000000169. The van der Waals surface area contributed by atoms with E-state index in [1.165, 1.54) is 44.5 Å². The van der Waals surface area contributed by atoms with Crippen LogP contribution in [0.4, 0.5) is 0 Å². The van der Waals surface area contributed by atoms with Crippen molar-refractivity contribution in [3.8, 4) is 227 Å².